The molecule has 4 heteroatoms. The summed E-state index contributed by atoms with van der Waals surface area (Å²) in [4.78, 5) is 12.2. The van der Waals surface area contributed by atoms with Crippen LogP contribution in [0.4, 0.5) is 11.4 Å². The molecule has 0 saturated carbocycles. The van der Waals surface area contributed by atoms with E-state index < -0.39 is 0 Å². The van der Waals surface area contributed by atoms with Crippen molar-refractivity contribution in [2.24, 2.45) is 0 Å². The van der Waals surface area contributed by atoms with Gasteiger partial charge in [0.2, 0.25) is 5.91 Å². The molecule has 0 radical (unpaired) electrons. The van der Waals surface area contributed by atoms with E-state index in [-0.39, 0.29) is 12.5 Å². The van der Waals surface area contributed by atoms with E-state index in [0.717, 1.165) is 23.5 Å². The fourth-order valence-corrected chi connectivity index (χ4v) is 2.85. The van der Waals surface area contributed by atoms with Gasteiger partial charge in [-0.05, 0) is 55.7 Å². The Bertz CT molecular complexity index is 693. The van der Waals surface area contributed by atoms with E-state index in [2.05, 4.69) is 23.6 Å². The zero-order valence-corrected chi connectivity index (χ0v) is 16.1. The number of rotatable bonds is 10. The Labute approximate surface area is 157 Å². The first kappa shape index (κ1) is 19.8. The molecular weight excluding hydrogens is 324 g/mol. The van der Waals surface area contributed by atoms with Crippen LogP contribution in [0.5, 0.6) is 5.75 Å². The van der Waals surface area contributed by atoms with Crippen LogP contribution < -0.4 is 15.4 Å². The van der Waals surface area contributed by atoms with E-state index in [0.29, 0.717) is 6.61 Å². The topological polar surface area (TPSA) is 50.4 Å². The number of ether oxygens (including phenoxy) is 1. The number of anilines is 2. The smallest absolute Gasteiger partial charge is 0.243 e. The Balaban J connectivity index is 1.80. The lowest BCUT2D eigenvalue weighted by Crippen LogP contribution is -2.21. The van der Waals surface area contributed by atoms with Crippen LogP contribution in [0.25, 0.3) is 0 Å². The van der Waals surface area contributed by atoms with E-state index in [9.17, 15) is 4.79 Å². The van der Waals surface area contributed by atoms with Gasteiger partial charge in [-0.2, -0.15) is 0 Å². The molecule has 0 unspecified atom stereocenters. The molecule has 0 saturated heterocycles. The molecule has 26 heavy (non-hydrogen) atoms. The number of nitrogens with one attached hydrogen (secondary N) is 2. The predicted octanol–water partition coefficient (Wildman–Crippen LogP) is 5.31. The maximum atomic E-state index is 12.2. The molecule has 2 N–H and O–H groups in total. The molecule has 0 heterocycles. The number of amides is 1. The van der Waals surface area contributed by atoms with Crippen LogP contribution in [-0.2, 0) is 4.79 Å². The number of carbonyl (C=O) groups excluding carboxylic acids is 1. The monoisotopic (exact) mass is 354 g/mol. The summed E-state index contributed by atoms with van der Waals surface area (Å²) < 4.78 is 5.76. The van der Waals surface area contributed by atoms with Crippen molar-refractivity contribution >= 4 is 17.3 Å². The Morgan fingerprint density at radius 3 is 2.46 bits per heavy atom. The van der Waals surface area contributed by atoms with Crippen LogP contribution in [0, 0.1) is 13.8 Å². The highest BCUT2D eigenvalue weighted by Crippen LogP contribution is 2.18. The maximum absolute atomic E-state index is 12.2. The third-order valence-electron chi connectivity index (χ3n) is 4.06. The SMILES string of the molecule is CCCCCCOc1cccc(NC(=O)CNc2cc(C)cc(C)c2)c1. The van der Waals surface area contributed by atoms with Gasteiger partial charge in [-0.3, -0.25) is 4.79 Å². The lowest BCUT2D eigenvalue weighted by atomic mass is 10.1. The van der Waals surface area contributed by atoms with Crippen molar-refractivity contribution in [1.82, 2.24) is 0 Å². The zero-order valence-electron chi connectivity index (χ0n) is 16.1. The van der Waals surface area contributed by atoms with Crippen molar-refractivity contribution in [3.05, 3.63) is 53.6 Å². The number of aryl methyl sites for hydroxylation is 2. The minimum atomic E-state index is -0.0794. The average Bonchev–Trinajstić information content (AvgIpc) is 2.59. The lowest BCUT2D eigenvalue weighted by molar-refractivity contribution is -0.114. The van der Waals surface area contributed by atoms with Gasteiger partial charge >= 0.3 is 0 Å². The normalized spacial score (nSPS) is 10.4. The number of carbonyl (C=O) groups is 1. The molecule has 0 spiro atoms. The molecule has 2 rings (SSSR count). The van der Waals surface area contributed by atoms with Crippen molar-refractivity contribution in [3.8, 4) is 5.75 Å². The van der Waals surface area contributed by atoms with Gasteiger partial charge in [-0.25, -0.2) is 0 Å². The Kier molecular flexibility index (Phi) is 8.00. The molecule has 2 aromatic carbocycles. The van der Waals surface area contributed by atoms with Gasteiger partial charge in [0.15, 0.2) is 0 Å². The Hall–Kier alpha value is -2.49. The average molecular weight is 354 g/mol. The second-order valence-electron chi connectivity index (χ2n) is 6.72. The summed E-state index contributed by atoms with van der Waals surface area (Å²) in [6, 6.07) is 13.7. The highest BCUT2D eigenvalue weighted by molar-refractivity contribution is 5.93. The molecular formula is C22H30N2O2. The largest absolute Gasteiger partial charge is 0.494 e. The van der Waals surface area contributed by atoms with Crippen LogP contribution in [0.15, 0.2) is 42.5 Å². The zero-order chi connectivity index (χ0) is 18.8. The quantitative estimate of drug-likeness (QED) is 0.568. The number of unbranched alkanes of at least 4 members (excludes halogenated alkanes) is 3. The Morgan fingerprint density at radius 1 is 0.962 bits per heavy atom. The van der Waals surface area contributed by atoms with Gasteiger partial charge in [-0.1, -0.05) is 38.3 Å². The number of benzene rings is 2. The first-order valence-corrected chi connectivity index (χ1v) is 9.41. The van der Waals surface area contributed by atoms with Crippen LogP contribution >= 0.6 is 0 Å². The van der Waals surface area contributed by atoms with Crippen LogP contribution in [-0.4, -0.2) is 19.1 Å². The van der Waals surface area contributed by atoms with E-state index in [4.69, 9.17) is 4.74 Å². The summed E-state index contributed by atoms with van der Waals surface area (Å²) >= 11 is 0. The van der Waals surface area contributed by atoms with E-state index in [1.807, 2.05) is 50.2 Å². The highest BCUT2D eigenvalue weighted by Gasteiger charge is 2.04. The van der Waals surface area contributed by atoms with Crippen LogP contribution in [0.1, 0.15) is 43.7 Å². The van der Waals surface area contributed by atoms with Gasteiger partial charge in [0, 0.05) is 17.4 Å². The predicted molar refractivity (Wildman–Crippen MR) is 109 cm³/mol. The second-order valence-corrected chi connectivity index (χ2v) is 6.72. The number of hydrogen-bond acceptors (Lipinski definition) is 3. The van der Waals surface area contributed by atoms with Crippen LogP contribution in [0.2, 0.25) is 0 Å². The summed E-state index contributed by atoms with van der Waals surface area (Å²) in [7, 11) is 0. The summed E-state index contributed by atoms with van der Waals surface area (Å²) in [6.07, 6.45) is 4.71. The van der Waals surface area contributed by atoms with Crippen molar-refractivity contribution in [2.45, 2.75) is 46.5 Å². The van der Waals surface area contributed by atoms with Gasteiger partial charge in [0.05, 0.1) is 13.2 Å². The second kappa shape index (κ2) is 10.5. The molecule has 1 amide bonds. The maximum Gasteiger partial charge on any atom is 0.243 e. The van der Waals surface area contributed by atoms with Crippen molar-refractivity contribution in [1.29, 1.82) is 0 Å². The lowest BCUT2D eigenvalue weighted by Gasteiger charge is -2.11. The standard InChI is InChI=1S/C22H30N2O2/c1-4-5-6-7-11-26-21-10-8-9-19(15-21)24-22(25)16-23-20-13-17(2)12-18(3)14-20/h8-10,12-15,23H,4-7,11,16H2,1-3H3,(H,24,25). The molecule has 0 aliphatic carbocycles. The highest BCUT2D eigenvalue weighted by atomic mass is 16.5. The summed E-state index contributed by atoms with van der Waals surface area (Å²) in [5.74, 6) is 0.714. The van der Waals surface area contributed by atoms with Crippen molar-refractivity contribution in [2.75, 3.05) is 23.8 Å². The third-order valence-corrected chi connectivity index (χ3v) is 4.06. The Morgan fingerprint density at radius 2 is 1.73 bits per heavy atom. The fraction of sp³-hybridized carbons (Fsp3) is 0.409. The molecule has 140 valence electrons. The summed E-state index contributed by atoms with van der Waals surface area (Å²) in [5.41, 5.74) is 4.07. The van der Waals surface area contributed by atoms with Crippen molar-refractivity contribution in [3.63, 3.8) is 0 Å². The molecule has 0 aliphatic rings. The number of hydrogen-bond donors (Lipinski definition) is 2. The van der Waals surface area contributed by atoms with E-state index >= 15 is 0 Å². The minimum absolute atomic E-state index is 0.0794. The van der Waals surface area contributed by atoms with E-state index in [1.165, 1.54) is 30.4 Å². The van der Waals surface area contributed by atoms with Gasteiger partial charge < -0.3 is 15.4 Å². The van der Waals surface area contributed by atoms with Gasteiger partial charge in [0.1, 0.15) is 5.75 Å². The van der Waals surface area contributed by atoms with E-state index in [1.54, 1.807) is 0 Å². The molecule has 0 atom stereocenters. The van der Waals surface area contributed by atoms with Crippen molar-refractivity contribution < 1.29 is 9.53 Å². The summed E-state index contributed by atoms with van der Waals surface area (Å²) in [5, 5.41) is 6.08. The molecule has 0 bridgehead atoms. The first-order valence-electron chi connectivity index (χ1n) is 9.41. The van der Waals surface area contributed by atoms with Gasteiger partial charge in [0.25, 0.3) is 0 Å². The molecule has 2 aromatic rings. The minimum Gasteiger partial charge on any atom is -0.494 e. The molecule has 0 aliphatic heterocycles. The first-order chi connectivity index (χ1) is 12.6. The van der Waals surface area contributed by atoms with Gasteiger partial charge in [-0.15, -0.1) is 0 Å². The summed E-state index contributed by atoms with van der Waals surface area (Å²) in [6.45, 7) is 7.23. The van der Waals surface area contributed by atoms with Crippen LogP contribution in [0.3, 0.4) is 0 Å². The molecule has 0 aromatic heterocycles. The molecule has 0 fully saturated rings. The third kappa shape index (κ3) is 7.18. The molecule has 4 nitrogen and oxygen atoms in total. The fourth-order valence-electron chi connectivity index (χ4n) is 2.85.